The zero-order valence-corrected chi connectivity index (χ0v) is 17.0. The first-order valence-electron chi connectivity index (χ1n) is 9.99. The molecule has 1 N–H and O–H groups in total. The summed E-state index contributed by atoms with van der Waals surface area (Å²) in [5.41, 5.74) is 2.07. The molecule has 5 rings (SSSR count). The summed E-state index contributed by atoms with van der Waals surface area (Å²) in [6.07, 6.45) is 3.54. The standard InChI is InChI=1S/C23H22N2O3S/c1-14-6-4-5-11-25(14)13-17-19(26)10-9-15-12-16(23(27)28-21(15)17)22-24-18-7-2-3-8-20(18)29-22/h2-3,7-10,12,14,26H,4-6,11,13H2,1H3. The maximum Gasteiger partial charge on any atom is 0.346 e. The van der Waals surface area contributed by atoms with Crippen molar-refractivity contribution in [2.75, 3.05) is 6.54 Å². The van der Waals surface area contributed by atoms with E-state index in [0.29, 0.717) is 34.3 Å². The summed E-state index contributed by atoms with van der Waals surface area (Å²) in [4.78, 5) is 19.8. The molecule has 1 saturated heterocycles. The van der Waals surface area contributed by atoms with Crippen molar-refractivity contribution in [3.8, 4) is 16.3 Å². The number of thiazole rings is 1. The number of hydrogen-bond donors (Lipinski definition) is 1. The molecule has 2 aromatic carbocycles. The quantitative estimate of drug-likeness (QED) is 0.477. The van der Waals surface area contributed by atoms with Gasteiger partial charge in [0.15, 0.2) is 0 Å². The number of phenols is 1. The highest BCUT2D eigenvalue weighted by Gasteiger charge is 2.22. The molecule has 1 unspecified atom stereocenters. The van der Waals surface area contributed by atoms with Gasteiger partial charge in [0.05, 0.1) is 21.3 Å². The number of para-hydroxylation sites is 1. The van der Waals surface area contributed by atoms with E-state index >= 15 is 0 Å². The second kappa shape index (κ2) is 7.28. The molecule has 0 aliphatic carbocycles. The average Bonchev–Trinajstić information content (AvgIpc) is 3.15. The van der Waals surface area contributed by atoms with Crippen LogP contribution in [-0.2, 0) is 6.54 Å². The molecule has 1 aliphatic heterocycles. The highest BCUT2D eigenvalue weighted by atomic mass is 32.1. The summed E-state index contributed by atoms with van der Waals surface area (Å²) < 4.78 is 6.79. The van der Waals surface area contributed by atoms with Gasteiger partial charge in [0.25, 0.3) is 0 Å². The van der Waals surface area contributed by atoms with Gasteiger partial charge in [-0.15, -0.1) is 11.3 Å². The van der Waals surface area contributed by atoms with Crippen LogP contribution >= 0.6 is 11.3 Å². The summed E-state index contributed by atoms with van der Waals surface area (Å²) in [7, 11) is 0. The predicted octanol–water partition coefficient (Wildman–Crippen LogP) is 5.15. The van der Waals surface area contributed by atoms with E-state index < -0.39 is 5.63 Å². The van der Waals surface area contributed by atoms with Gasteiger partial charge in [-0.25, -0.2) is 9.78 Å². The topological polar surface area (TPSA) is 66.6 Å². The van der Waals surface area contributed by atoms with Crippen LogP contribution in [0.1, 0.15) is 31.7 Å². The number of aromatic nitrogens is 1. The van der Waals surface area contributed by atoms with Crippen molar-refractivity contribution in [1.82, 2.24) is 9.88 Å². The van der Waals surface area contributed by atoms with Gasteiger partial charge in [-0.1, -0.05) is 18.6 Å². The fourth-order valence-corrected chi connectivity index (χ4v) is 5.09. The fraction of sp³-hybridized carbons (Fsp3) is 0.304. The van der Waals surface area contributed by atoms with Gasteiger partial charge in [0.1, 0.15) is 16.3 Å². The Morgan fingerprint density at radius 2 is 2.10 bits per heavy atom. The van der Waals surface area contributed by atoms with Crippen LogP contribution in [0.15, 0.2) is 51.7 Å². The second-order valence-electron chi connectivity index (χ2n) is 7.73. The lowest BCUT2D eigenvalue weighted by Gasteiger charge is -2.33. The summed E-state index contributed by atoms with van der Waals surface area (Å²) in [5.74, 6) is 0.172. The van der Waals surface area contributed by atoms with Gasteiger partial charge < -0.3 is 9.52 Å². The number of hydrogen-bond acceptors (Lipinski definition) is 6. The molecule has 2 aromatic heterocycles. The van der Waals surface area contributed by atoms with E-state index in [-0.39, 0.29) is 5.75 Å². The Hall–Kier alpha value is -2.70. The highest BCUT2D eigenvalue weighted by Crippen LogP contribution is 2.33. The van der Waals surface area contributed by atoms with Crippen molar-refractivity contribution in [1.29, 1.82) is 0 Å². The number of piperidine rings is 1. The Balaban J connectivity index is 1.60. The first-order chi connectivity index (χ1) is 14.1. The predicted molar refractivity (Wildman–Crippen MR) is 116 cm³/mol. The lowest BCUT2D eigenvalue weighted by molar-refractivity contribution is 0.151. The van der Waals surface area contributed by atoms with E-state index in [9.17, 15) is 9.90 Å². The fourth-order valence-electron chi connectivity index (χ4n) is 4.12. The number of rotatable bonds is 3. The first kappa shape index (κ1) is 18.3. The molecular formula is C23H22N2O3S. The van der Waals surface area contributed by atoms with Crippen LogP contribution in [0, 0.1) is 0 Å². The maximum absolute atomic E-state index is 12.8. The molecule has 0 amide bonds. The number of fused-ring (bicyclic) bond motifs is 2. The van der Waals surface area contributed by atoms with Crippen molar-refractivity contribution >= 4 is 32.5 Å². The molecule has 148 valence electrons. The van der Waals surface area contributed by atoms with Gasteiger partial charge in [0.2, 0.25) is 0 Å². The Labute approximate surface area is 172 Å². The summed E-state index contributed by atoms with van der Waals surface area (Å²) in [5, 5.41) is 12.0. The minimum atomic E-state index is -0.421. The second-order valence-corrected chi connectivity index (χ2v) is 8.76. The largest absolute Gasteiger partial charge is 0.507 e. The van der Waals surface area contributed by atoms with Gasteiger partial charge in [-0.05, 0) is 56.6 Å². The van der Waals surface area contributed by atoms with Crippen LogP contribution in [0.5, 0.6) is 5.75 Å². The summed E-state index contributed by atoms with van der Waals surface area (Å²) in [6, 6.07) is 13.6. The molecule has 1 fully saturated rings. The Bertz CT molecular complexity index is 1230. The first-order valence-corrected chi connectivity index (χ1v) is 10.8. The summed E-state index contributed by atoms with van der Waals surface area (Å²) >= 11 is 1.48. The third-order valence-corrected chi connectivity index (χ3v) is 6.88. The zero-order valence-electron chi connectivity index (χ0n) is 16.2. The monoisotopic (exact) mass is 406 g/mol. The van der Waals surface area contributed by atoms with Crippen LogP contribution in [0.4, 0.5) is 0 Å². The lowest BCUT2D eigenvalue weighted by Crippen LogP contribution is -2.36. The van der Waals surface area contributed by atoms with Crippen LogP contribution in [-0.4, -0.2) is 27.6 Å². The number of likely N-dealkylation sites (tertiary alicyclic amines) is 1. The van der Waals surface area contributed by atoms with Crippen molar-refractivity contribution in [2.45, 2.75) is 38.8 Å². The van der Waals surface area contributed by atoms with Gasteiger partial charge in [0, 0.05) is 18.0 Å². The average molecular weight is 407 g/mol. The van der Waals surface area contributed by atoms with Gasteiger partial charge in [-0.3, -0.25) is 4.90 Å². The SMILES string of the molecule is CC1CCCCN1Cc1c(O)ccc2cc(-c3nc4ccccc4s3)c(=O)oc12. The van der Waals surface area contributed by atoms with Crippen molar-refractivity contribution in [3.63, 3.8) is 0 Å². The Morgan fingerprint density at radius 1 is 1.24 bits per heavy atom. The van der Waals surface area contributed by atoms with Crippen LogP contribution in [0.3, 0.4) is 0 Å². The third kappa shape index (κ3) is 3.32. The van der Waals surface area contributed by atoms with E-state index in [1.807, 2.05) is 30.3 Å². The maximum atomic E-state index is 12.8. The molecule has 0 spiro atoms. The van der Waals surface area contributed by atoms with E-state index in [1.165, 1.54) is 17.8 Å². The molecule has 0 bridgehead atoms. The molecule has 1 aliphatic rings. The van der Waals surface area contributed by atoms with E-state index in [2.05, 4.69) is 16.8 Å². The molecule has 1 atom stereocenters. The highest BCUT2D eigenvalue weighted by molar-refractivity contribution is 7.21. The molecule has 3 heterocycles. The minimum Gasteiger partial charge on any atom is -0.507 e. The van der Waals surface area contributed by atoms with E-state index in [4.69, 9.17) is 4.42 Å². The summed E-state index contributed by atoms with van der Waals surface area (Å²) in [6.45, 7) is 3.78. The van der Waals surface area contributed by atoms with Crippen LogP contribution in [0.2, 0.25) is 0 Å². The minimum absolute atomic E-state index is 0.172. The molecular weight excluding hydrogens is 384 g/mol. The Kier molecular flexibility index (Phi) is 4.60. The van der Waals surface area contributed by atoms with Crippen molar-refractivity contribution in [2.24, 2.45) is 0 Å². The lowest BCUT2D eigenvalue weighted by atomic mass is 10.0. The van der Waals surface area contributed by atoms with Crippen LogP contribution in [0.25, 0.3) is 31.8 Å². The van der Waals surface area contributed by atoms with Crippen molar-refractivity contribution in [3.05, 3.63) is 58.4 Å². The number of nitrogens with zero attached hydrogens (tertiary/aromatic N) is 2. The molecule has 6 heteroatoms. The smallest absolute Gasteiger partial charge is 0.346 e. The van der Waals surface area contributed by atoms with Gasteiger partial charge >= 0.3 is 5.63 Å². The molecule has 4 aromatic rings. The molecule has 0 radical (unpaired) electrons. The molecule has 29 heavy (non-hydrogen) atoms. The third-order valence-electron chi connectivity index (χ3n) is 5.81. The number of benzene rings is 2. The van der Waals surface area contributed by atoms with E-state index in [1.54, 1.807) is 12.1 Å². The normalized spacial score (nSPS) is 17.9. The molecule has 0 saturated carbocycles. The zero-order chi connectivity index (χ0) is 20.0. The molecule has 5 nitrogen and oxygen atoms in total. The Morgan fingerprint density at radius 3 is 2.93 bits per heavy atom. The van der Waals surface area contributed by atoms with Gasteiger partial charge in [-0.2, -0.15) is 0 Å². The van der Waals surface area contributed by atoms with Crippen LogP contribution < -0.4 is 5.63 Å². The number of phenolic OH excluding ortho intramolecular Hbond substituents is 1. The number of aromatic hydroxyl groups is 1. The van der Waals surface area contributed by atoms with E-state index in [0.717, 1.165) is 35.0 Å². The van der Waals surface area contributed by atoms with Crippen molar-refractivity contribution < 1.29 is 9.52 Å².